The number of nitro groups is 1. The molecule has 138 valence electrons. The molecule has 0 aromatic heterocycles. The van der Waals surface area contributed by atoms with Crippen molar-refractivity contribution >= 4 is 11.4 Å². The van der Waals surface area contributed by atoms with Gasteiger partial charge < -0.3 is 14.3 Å². The van der Waals surface area contributed by atoms with Crippen LogP contribution >= 0.6 is 0 Å². The lowest BCUT2D eigenvalue weighted by atomic mass is 10.1. The SMILES string of the molecule is COc1ccc(/C(C)=N\OCc2ccc([N+](=O)[O-])cc2)cc1OC(C)C. The summed E-state index contributed by atoms with van der Waals surface area (Å²) < 4.78 is 11.1. The summed E-state index contributed by atoms with van der Waals surface area (Å²) in [5.74, 6) is 1.30. The van der Waals surface area contributed by atoms with Gasteiger partial charge >= 0.3 is 0 Å². The van der Waals surface area contributed by atoms with Gasteiger partial charge in [-0.05, 0) is 56.7 Å². The molecule has 0 aliphatic rings. The Hall–Kier alpha value is -3.09. The molecule has 0 aliphatic carbocycles. The minimum absolute atomic E-state index is 0.0229. The molecular weight excluding hydrogens is 336 g/mol. The molecule has 0 bridgehead atoms. The first-order valence-electron chi connectivity index (χ1n) is 8.15. The second-order valence-corrected chi connectivity index (χ2v) is 5.91. The molecule has 0 N–H and O–H groups in total. The molecule has 0 aliphatic heterocycles. The van der Waals surface area contributed by atoms with Gasteiger partial charge in [0, 0.05) is 17.7 Å². The van der Waals surface area contributed by atoms with Crippen LogP contribution in [0.15, 0.2) is 47.6 Å². The van der Waals surface area contributed by atoms with E-state index in [0.29, 0.717) is 17.2 Å². The first-order valence-corrected chi connectivity index (χ1v) is 8.15. The molecule has 0 saturated carbocycles. The Bertz CT molecular complexity index is 785. The number of methoxy groups -OCH3 is 1. The van der Waals surface area contributed by atoms with Crippen LogP contribution in [-0.2, 0) is 11.4 Å². The van der Waals surface area contributed by atoms with Gasteiger partial charge in [-0.15, -0.1) is 0 Å². The molecule has 0 amide bonds. The number of nitro benzene ring substituents is 1. The van der Waals surface area contributed by atoms with E-state index in [1.807, 2.05) is 39.0 Å². The van der Waals surface area contributed by atoms with E-state index in [0.717, 1.165) is 11.1 Å². The molecule has 2 aromatic carbocycles. The highest BCUT2D eigenvalue weighted by atomic mass is 16.6. The van der Waals surface area contributed by atoms with Gasteiger partial charge in [0.1, 0.15) is 6.61 Å². The second-order valence-electron chi connectivity index (χ2n) is 5.91. The molecule has 0 unspecified atom stereocenters. The second kappa shape index (κ2) is 8.84. The maximum atomic E-state index is 10.6. The fourth-order valence-electron chi connectivity index (χ4n) is 2.22. The van der Waals surface area contributed by atoms with E-state index in [4.69, 9.17) is 14.3 Å². The summed E-state index contributed by atoms with van der Waals surface area (Å²) in [7, 11) is 1.59. The van der Waals surface area contributed by atoms with E-state index in [9.17, 15) is 10.1 Å². The summed E-state index contributed by atoms with van der Waals surface area (Å²) in [6.07, 6.45) is 0.0229. The van der Waals surface area contributed by atoms with Crippen LogP contribution in [-0.4, -0.2) is 23.8 Å². The zero-order valence-electron chi connectivity index (χ0n) is 15.3. The van der Waals surface area contributed by atoms with Crippen LogP contribution in [0.4, 0.5) is 5.69 Å². The predicted molar refractivity (Wildman–Crippen MR) is 98.9 cm³/mol. The maximum Gasteiger partial charge on any atom is 0.269 e. The number of ether oxygens (including phenoxy) is 2. The molecule has 0 atom stereocenters. The lowest BCUT2D eigenvalue weighted by Crippen LogP contribution is -2.08. The van der Waals surface area contributed by atoms with E-state index in [1.54, 1.807) is 19.2 Å². The van der Waals surface area contributed by atoms with Gasteiger partial charge in [-0.1, -0.05) is 5.16 Å². The highest BCUT2D eigenvalue weighted by Crippen LogP contribution is 2.29. The summed E-state index contributed by atoms with van der Waals surface area (Å²) >= 11 is 0. The molecule has 2 rings (SSSR count). The Morgan fingerprint density at radius 3 is 2.42 bits per heavy atom. The van der Waals surface area contributed by atoms with Crippen LogP contribution < -0.4 is 9.47 Å². The summed E-state index contributed by atoms with van der Waals surface area (Å²) in [6.45, 7) is 5.94. The average molecular weight is 358 g/mol. The smallest absolute Gasteiger partial charge is 0.269 e. The molecular formula is C19H22N2O5. The van der Waals surface area contributed by atoms with Gasteiger partial charge in [0.25, 0.3) is 5.69 Å². The maximum absolute atomic E-state index is 10.6. The lowest BCUT2D eigenvalue weighted by Gasteiger charge is -2.14. The number of benzene rings is 2. The molecule has 7 heteroatoms. The Balaban J connectivity index is 2.05. The minimum Gasteiger partial charge on any atom is -0.493 e. The van der Waals surface area contributed by atoms with Crippen molar-refractivity contribution in [3.05, 3.63) is 63.7 Å². The normalized spacial score (nSPS) is 11.3. The zero-order chi connectivity index (χ0) is 19.1. The monoisotopic (exact) mass is 358 g/mol. The first-order chi connectivity index (χ1) is 12.4. The van der Waals surface area contributed by atoms with Gasteiger partial charge in [0.05, 0.1) is 23.8 Å². The number of rotatable bonds is 8. The minimum atomic E-state index is -0.437. The number of hydrogen-bond acceptors (Lipinski definition) is 6. The standard InChI is InChI=1S/C19H22N2O5/c1-13(2)26-19-11-16(7-10-18(19)24-4)14(3)20-25-12-15-5-8-17(9-6-15)21(22)23/h5-11,13H,12H2,1-4H3/b20-14-. The van der Waals surface area contributed by atoms with Crippen molar-refractivity contribution in [1.82, 2.24) is 0 Å². The van der Waals surface area contributed by atoms with Crippen molar-refractivity contribution in [2.45, 2.75) is 33.5 Å². The van der Waals surface area contributed by atoms with E-state index >= 15 is 0 Å². The van der Waals surface area contributed by atoms with Gasteiger partial charge in [-0.3, -0.25) is 10.1 Å². The Morgan fingerprint density at radius 2 is 1.85 bits per heavy atom. The molecule has 0 spiro atoms. The predicted octanol–water partition coefficient (Wildman–Crippen LogP) is 4.33. The van der Waals surface area contributed by atoms with E-state index in [1.165, 1.54) is 12.1 Å². The zero-order valence-corrected chi connectivity index (χ0v) is 15.3. The highest BCUT2D eigenvalue weighted by Gasteiger charge is 2.10. The topological polar surface area (TPSA) is 83.2 Å². The molecule has 0 saturated heterocycles. The fourth-order valence-corrected chi connectivity index (χ4v) is 2.22. The summed E-state index contributed by atoms with van der Waals surface area (Å²) in [4.78, 5) is 15.6. The molecule has 0 heterocycles. The third-order valence-corrected chi connectivity index (χ3v) is 3.52. The Morgan fingerprint density at radius 1 is 1.15 bits per heavy atom. The summed E-state index contributed by atoms with van der Waals surface area (Å²) in [6, 6.07) is 11.7. The van der Waals surface area contributed by atoms with Crippen LogP contribution in [0.1, 0.15) is 31.9 Å². The van der Waals surface area contributed by atoms with Crippen LogP contribution in [0.3, 0.4) is 0 Å². The van der Waals surface area contributed by atoms with Crippen molar-refractivity contribution < 1.29 is 19.2 Å². The van der Waals surface area contributed by atoms with E-state index in [-0.39, 0.29) is 18.4 Å². The van der Waals surface area contributed by atoms with E-state index in [2.05, 4.69) is 5.16 Å². The Kier molecular flexibility index (Phi) is 6.54. The molecule has 2 aromatic rings. The van der Waals surface area contributed by atoms with E-state index < -0.39 is 4.92 Å². The summed E-state index contributed by atoms with van der Waals surface area (Å²) in [5, 5.41) is 14.8. The summed E-state index contributed by atoms with van der Waals surface area (Å²) in [5.41, 5.74) is 2.38. The molecule has 0 fully saturated rings. The van der Waals surface area contributed by atoms with Crippen LogP contribution in [0.2, 0.25) is 0 Å². The van der Waals surface area contributed by atoms with Crippen molar-refractivity contribution in [3.63, 3.8) is 0 Å². The third-order valence-electron chi connectivity index (χ3n) is 3.52. The highest BCUT2D eigenvalue weighted by molar-refractivity contribution is 5.98. The van der Waals surface area contributed by atoms with Gasteiger partial charge in [0.2, 0.25) is 0 Å². The van der Waals surface area contributed by atoms with Crippen molar-refractivity contribution in [1.29, 1.82) is 0 Å². The number of oxime groups is 1. The fraction of sp³-hybridized carbons (Fsp3) is 0.316. The largest absolute Gasteiger partial charge is 0.493 e. The Labute approximate surface area is 152 Å². The van der Waals surface area contributed by atoms with Crippen molar-refractivity contribution in [3.8, 4) is 11.5 Å². The number of nitrogens with zero attached hydrogens (tertiary/aromatic N) is 2. The van der Waals surface area contributed by atoms with Crippen LogP contribution in [0.25, 0.3) is 0 Å². The third kappa shape index (κ3) is 5.20. The van der Waals surface area contributed by atoms with Gasteiger partial charge in [-0.2, -0.15) is 0 Å². The average Bonchev–Trinajstić information content (AvgIpc) is 2.61. The van der Waals surface area contributed by atoms with Crippen LogP contribution in [0, 0.1) is 10.1 Å². The van der Waals surface area contributed by atoms with Gasteiger partial charge in [0.15, 0.2) is 11.5 Å². The van der Waals surface area contributed by atoms with Crippen molar-refractivity contribution in [2.75, 3.05) is 7.11 Å². The quantitative estimate of drug-likeness (QED) is 0.398. The van der Waals surface area contributed by atoms with Crippen LogP contribution in [0.5, 0.6) is 11.5 Å². The number of non-ortho nitro benzene ring substituents is 1. The number of hydrogen-bond donors (Lipinski definition) is 0. The molecule has 7 nitrogen and oxygen atoms in total. The molecule has 26 heavy (non-hydrogen) atoms. The van der Waals surface area contributed by atoms with Crippen molar-refractivity contribution in [2.24, 2.45) is 5.16 Å². The molecule has 0 radical (unpaired) electrons. The lowest BCUT2D eigenvalue weighted by molar-refractivity contribution is -0.384. The van der Waals surface area contributed by atoms with Gasteiger partial charge in [-0.25, -0.2) is 0 Å². The first kappa shape index (κ1) is 19.2.